The molecule has 0 saturated carbocycles. The van der Waals surface area contributed by atoms with Gasteiger partial charge in [0, 0.05) is 19.1 Å². The summed E-state index contributed by atoms with van der Waals surface area (Å²) in [6.45, 7) is 4.94. The van der Waals surface area contributed by atoms with Crippen molar-refractivity contribution in [3.8, 4) is 0 Å². The van der Waals surface area contributed by atoms with Crippen LogP contribution in [-0.2, 0) is 13.1 Å². The van der Waals surface area contributed by atoms with Crippen LogP contribution >= 0.6 is 27.3 Å². The number of rotatable bonds is 7. The molecule has 0 radical (unpaired) electrons. The Morgan fingerprint density at radius 2 is 2.37 bits per heavy atom. The van der Waals surface area contributed by atoms with Crippen molar-refractivity contribution in [1.29, 1.82) is 0 Å². The SMILES string of the molecule is CC(CNCc1ccco1)N(C)Cc1csc(Br)c1. The number of halogens is 1. The molecule has 5 heteroatoms. The van der Waals surface area contributed by atoms with E-state index < -0.39 is 0 Å². The molecule has 104 valence electrons. The minimum atomic E-state index is 0.480. The van der Waals surface area contributed by atoms with Crippen LogP contribution in [0.15, 0.2) is 38.0 Å². The number of likely N-dealkylation sites (N-methyl/N-ethyl adjacent to an activating group) is 1. The largest absolute Gasteiger partial charge is 0.468 e. The second-order valence-corrected chi connectivity index (χ2v) is 7.02. The third-order valence-corrected chi connectivity index (χ3v) is 4.68. The summed E-state index contributed by atoms with van der Waals surface area (Å²) < 4.78 is 6.49. The molecule has 1 N–H and O–H groups in total. The van der Waals surface area contributed by atoms with Gasteiger partial charge in [0.15, 0.2) is 0 Å². The van der Waals surface area contributed by atoms with Crippen LogP contribution in [-0.4, -0.2) is 24.5 Å². The Morgan fingerprint density at radius 1 is 1.53 bits per heavy atom. The normalized spacial score (nSPS) is 13.1. The van der Waals surface area contributed by atoms with Crippen molar-refractivity contribution in [3.05, 3.63) is 45.0 Å². The van der Waals surface area contributed by atoms with Crippen LogP contribution < -0.4 is 5.32 Å². The van der Waals surface area contributed by atoms with Crippen LogP contribution in [0.5, 0.6) is 0 Å². The Kier molecular flexibility index (Phi) is 5.63. The fourth-order valence-electron chi connectivity index (χ4n) is 1.85. The lowest BCUT2D eigenvalue weighted by Gasteiger charge is -2.24. The Morgan fingerprint density at radius 3 is 3.00 bits per heavy atom. The summed E-state index contributed by atoms with van der Waals surface area (Å²) in [5, 5.41) is 5.62. The predicted molar refractivity (Wildman–Crippen MR) is 83.4 cm³/mol. The molecule has 3 nitrogen and oxygen atoms in total. The maximum Gasteiger partial charge on any atom is 0.117 e. The Labute approximate surface area is 126 Å². The summed E-state index contributed by atoms with van der Waals surface area (Å²) in [4.78, 5) is 2.35. The molecule has 0 fully saturated rings. The zero-order chi connectivity index (χ0) is 13.7. The quantitative estimate of drug-likeness (QED) is 0.831. The summed E-state index contributed by atoms with van der Waals surface area (Å²) in [7, 11) is 2.16. The van der Waals surface area contributed by atoms with Gasteiger partial charge in [-0.15, -0.1) is 11.3 Å². The first-order valence-corrected chi connectivity index (χ1v) is 7.98. The van der Waals surface area contributed by atoms with Crippen LogP contribution in [0.1, 0.15) is 18.2 Å². The molecular weight excluding hydrogens is 324 g/mol. The van der Waals surface area contributed by atoms with E-state index in [0.29, 0.717) is 6.04 Å². The summed E-state index contributed by atoms with van der Waals surface area (Å²) >= 11 is 5.24. The van der Waals surface area contributed by atoms with Crippen molar-refractivity contribution in [2.75, 3.05) is 13.6 Å². The van der Waals surface area contributed by atoms with Crippen molar-refractivity contribution in [2.24, 2.45) is 0 Å². The Hall–Kier alpha value is -0.620. The number of nitrogens with zero attached hydrogens (tertiary/aromatic N) is 1. The van der Waals surface area contributed by atoms with Gasteiger partial charge < -0.3 is 9.73 Å². The number of furan rings is 1. The van der Waals surface area contributed by atoms with E-state index in [0.717, 1.165) is 25.4 Å². The van der Waals surface area contributed by atoms with Gasteiger partial charge in [0.05, 0.1) is 16.6 Å². The van der Waals surface area contributed by atoms with Gasteiger partial charge in [-0.05, 0) is 59.0 Å². The lowest BCUT2D eigenvalue weighted by atomic mass is 10.2. The maximum atomic E-state index is 5.29. The predicted octanol–water partition coefficient (Wildman–Crippen LogP) is 3.71. The molecule has 0 aromatic carbocycles. The highest BCUT2D eigenvalue weighted by molar-refractivity contribution is 9.11. The minimum Gasteiger partial charge on any atom is -0.468 e. The van der Waals surface area contributed by atoms with Gasteiger partial charge in [-0.25, -0.2) is 0 Å². The van der Waals surface area contributed by atoms with Gasteiger partial charge in [-0.1, -0.05) is 0 Å². The molecule has 0 aliphatic heterocycles. The number of nitrogens with one attached hydrogen (secondary N) is 1. The first-order chi connectivity index (χ1) is 9.15. The molecule has 1 unspecified atom stereocenters. The molecule has 2 aromatic rings. The van der Waals surface area contributed by atoms with Crippen molar-refractivity contribution in [2.45, 2.75) is 26.1 Å². The lowest BCUT2D eigenvalue weighted by Crippen LogP contribution is -2.37. The van der Waals surface area contributed by atoms with E-state index in [1.165, 1.54) is 9.35 Å². The highest BCUT2D eigenvalue weighted by Crippen LogP contribution is 2.21. The van der Waals surface area contributed by atoms with E-state index in [9.17, 15) is 0 Å². The first-order valence-electron chi connectivity index (χ1n) is 6.31. The van der Waals surface area contributed by atoms with Gasteiger partial charge >= 0.3 is 0 Å². The average molecular weight is 343 g/mol. The number of hydrogen-bond acceptors (Lipinski definition) is 4. The van der Waals surface area contributed by atoms with Crippen LogP contribution in [0.2, 0.25) is 0 Å². The van der Waals surface area contributed by atoms with Crippen LogP contribution in [0, 0.1) is 0 Å². The molecule has 1 atom stereocenters. The van der Waals surface area contributed by atoms with Crippen LogP contribution in [0.3, 0.4) is 0 Å². The number of thiophene rings is 1. The molecule has 19 heavy (non-hydrogen) atoms. The van der Waals surface area contributed by atoms with Gasteiger partial charge in [0.2, 0.25) is 0 Å². The zero-order valence-corrected chi connectivity index (χ0v) is 13.6. The molecular formula is C14H19BrN2OS. The summed E-state index contributed by atoms with van der Waals surface area (Å²) in [5.74, 6) is 0.983. The standard InChI is InChI=1S/C14H19BrN2OS/c1-11(7-16-8-13-4-3-5-18-13)17(2)9-12-6-14(15)19-10-12/h3-6,10-11,16H,7-9H2,1-2H3. The summed E-state index contributed by atoms with van der Waals surface area (Å²) in [5.41, 5.74) is 1.36. The molecule has 2 heterocycles. The maximum absolute atomic E-state index is 5.29. The molecule has 0 aliphatic rings. The minimum absolute atomic E-state index is 0.480. The van der Waals surface area contributed by atoms with E-state index >= 15 is 0 Å². The lowest BCUT2D eigenvalue weighted by molar-refractivity contribution is 0.241. The fourth-order valence-corrected chi connectivity index (χ4v) is 3.05. The van der Waals surface area contributed by atoms with Crippen molar-refractivity contribution < 1.29 is 4.42 Å². The molecule has 2 aromatic heterocycles. The highest BCUT2D eigenvalue weighted by atomic mass is 79.9. The molecule has 0 aliphatic carbocycles. The summed E-state index contributed by atoms with van der Waals surface area (Å²) in [6.07, 6.45) is 1.71. The van der Waals surface area contributed by atoms with Crippen molar-refractivity contribution in [3.63, 3.8) is 0 Å². The van der Waals surface area contributed by atoms with Gasteiger partial charge in [0.25, 0.3) is 0 Å². The third-order valence-electron chi connectivity index (χ3n) is 3.13. The average Bonchev–Trinajstić information content (AvgIpc) is 3.01. The fraction of sp³-hybridized carbons (Fsp3) is 0.429. The molecule has 0 bridgehead atoms. The van der Waals surface area contributed by atoms with E-state index in [4.69, 9.17) is 4.42 Å². The van der Waals surface area contributed by atoms with E-state index in [1.54, 1.807) is 17.6 Å². The topological polar surface area (TPSA) is 28.4 Å². The Bertz CT molecular complexity index is 483. The Balaban J connectivity index is 1.71. The molecule has 0 spiro atoms. The second kappa shape index (κ2) is 7.24. The first kappa shape index (κ1) is 14.8. The van der Waals surface area contributed by atoms with Gasteiger partial charge in [-0.3, -0.25) is 4.90 Å². The highest BCUT2D eigenvalue weighted by Gasteiger charge is 2.10. The van der Waals surface area contributed by atoms with Gasteiger partial charge in [0.1, 0.15) is 5.76 Å². The van der Waals surface area contributed by atoms with E-state index in [1.807, 2.05) is 12.1 Å². The van der Waals surface area contributed by atoms with Crippen molar-refractivity contribution >= 4 is 27.3 Å². The van der Waals surface area contributed by atoms with Crippen LogP contribution in [0.25, 0.3) is 0 Å². The smallest absolute Gasteiger partial charge is 0.117 e. The van der Waals surface area contributed by atoms with Crippen molar-refractivity contribution in [1.82, 2.24) is 10.2 Å². The summed E-state index contributed by atoms with van der Waals surface area (Å²) in [6, 6.07) is 6.57. The van der Waals surface area contributed by atoms with Crippen LogP contribution in [0.4, 0.5) is 0 Å². The molecule has 2 rings (SSSR count). The number of hydrogen-bond donors (Lipinski definition) is 1. The zero-order valence-electron chi connectivity index (χ0n) is 11.2. The monoisotopic (exact) mass is 342 g/mol. The third kappa shape index (κ3) is 4.76. The van der Waals surface area contributed by atoms with E-state index in [2.05, 4.69) is 51.6 Å². The molecule has 0 saturated heterocycles. The molecule has 0 amide bonds. The van der Waals surface area contributed by atoms with Gasteiger partial charge in [-0.2, -0.15) is 0 Å². The second-order valence-electron chi connectivity index (χ2n) is 4.73. The van der Waals surface area contributed by atoms with E-state index in [-0.39, 0.29) is 0 Å².